The van der Waals surface area contributed by atoms with Crippen LogP contribution < -0.4 is 9.47 Å². The van der Waals surface area contributed by atoms with E-state index in [-0.39, 0.29) is 6.61 Å². The zero-order chi connectivity index (χ0) is 30.4. The molecular formula is C38H55FN2O2. The summed E-state index contributed by atoms with van der Waals surface area (Å²) in [6.07, 6.45) is 23.5. The largest absolute Gasteiger partial charge is 0.494 e. The molecule has 0 aliphatic heterocycles. The Morgan fingerprint density at radius 1 is 0.535 bits per heavy atom. The van der Waals surface area contributed by atoms with E-state index in [1.807, 2.05) is 60.9 Å². The van der Waals surface area contributed by atoms with Crippen LogP contribution in [0.1, 0.15) is 123 Å². The first kappa shape index (κ1) is 34.5. The van der Waals surface area contributed by atoms with Crippen LogP contribution in [0.2, 0.25) is 0 Å². The summed E-state index contributed by atoms with van der Waals surface area (Å²) in [5, 5.41) is 0. The summed E-state index contributed by atoms with van der Waals surface area (Å²) in [6, 6.07) is 15.7. The maximum absolute atomic E-state index is 14.3. The van der Waals surface area contributed by atoms with E-state index >= 15 is 0 Å². The average molecular weight is 591 g/mol. The van der Waals surface area contributed by atoms with Gasteiger partial charge in [-0.2, -0.15) is 0 Å². The van der Waals surface area contributed by atoms with Crippen LogP contribution in [0.5, 0.6) is 11.5 Å². The standard InChI is InChI=1S/C38H55FN2O2/c1-3-5-7-9-11-12-14-16-18-28-42-36-26-22-33(23-27-36)38-40-29-34(30-41-38)32-20-24-37(25-21-32)43-31-35(39)19-17-15-13-10-8-6-4-2/h20-27,29-30,35H,3-19,28,31H2,1-2H3. The van der Waals surface area contributed by atoms with Crippen molar-refractivity contribution in [3.05, 3.63) is 60.9 Å². The van der Waals surface area contributed by atoms with E-state index < -0.39 is 6.17 Å². The lowest BCUT2D eigenvalue weighted by atomic mass is 10.1. The molecule has 236 valence electrons. The first-order chi connectivity index (χ1) is 21.2. The first-order valence-electron chi connectivity index (χ1n) is 17.1. The molecule has 0 radical (unpaired) electrons. The zero-order valence-corrected chi connectivity index (χ0v) is 26.9. The molecule has 0 amide bonds. The Balaban J connectivity index is 1.33. The zero-order valence-electron chi connectivity index (χ0n) is 26.9. The van der Waals surface area contributed by atoms with Gasteiger partial charge in [-0.05, 0) is 54.8 Å². The van der Waals surface area contributed by atoms with Gasteiger partial charge >= 0.3 is 0 Å². The van der Waals surface area contributed by atoms with E-state index in [9.17, 15) is 4.39 Å². The lowest BCUT2D eigenvalue weighted by Crippen LogP contribution is -2.12. The van der Waals surface area contributed by atoms with Gasteiger partial charge in [0.25, 0.3) is 0 Å². The molecule has 1 aromatic heterocycles. The maximum atomic E-state index is 14.3. The summed E-state index contributed by atoms with van der Waals surface area (Å²) in [6.45, 7) is 5.36. The number of aromatic nitrogens is 2. The Morgan fingerprint density at radius 3 is 1.56 bits per heavy atom. The predicted octanol–water partition coefficient (Wildman–Crippen LogP) is 11.6. The van der Waals surface area contributed by atoms with Gasteiger partial charge in [-0.1, -0.05) is 122 Å². The predicted molar refractivity (Wildman–Crippen MR) is 179 cm³/mol. The van der Waals surface area contributed by atoms with Gasteiger partial charge in [-0.3, -0.25) is 0 Å². The molecule has 0 saturated heterocycles. The van der Waals surface area contributed by atoms with Gasteiger partial charge in [0.15, 0.2) is 5.82 Å². The van der Waals surface area contributed by atoms with Crippen molar-refractivity contribution in [2.24, 2.45) is 0 Å². The second-order valence-corrected chi connectivity index (χ2v) is 11.8. The fraction of sp³-hybridized carbons (Fsp3) is 0.579. The number of ether oxygens (including phenoxy) is 2. The van der Waals surface area contributed by atoms with Crippen molar-refractivity contribution in [1.29, 1.82) is 0 Å². The van der Waals surface area contributed by atoms with Crippen LogP contribution in [-0.4, -0.2) is 29.4 Å². The highest BCUT2D eigenvalue weighted by Gasteiger charge is 2.09. The summed E-state index contributed by atoms with van der Waals surface area (Å²) in [5.41, 5.74) is 2.89. The first-order valence-corrected chi connectivity index (χ1v) is 17.1. The van der Waals surface area contributed by atoms with Crippen molar-refractivity contribution in [3.63, 3.8) is 0 Å². The monoisotopic (exact) mass is 590 g/mol. The molecule has 0 fully saturated rings. The van der Waals surface area contributed by atoms with Crippen molar-refractivity contribution in [3.8, 4) is 34.0 Å². The minimum Gasteiger partial charge on any atom is -0.494 e. The number of rotatable bonds is 24. The molecular weight excluding hydrogens is 535 g/mol. The number of hydrogen-bond donors (Lipinski definition) is 0. The minimum absolute atomic E-state index is 0.107. The third-order valence-corrected chi connectivity index (χ3v) is 8.02. The van der Waals surface area contributed by atoms with Crippen LogP contribution in [0.15, 0.2) is 60.9 Å². The van der Waals surface area contributed by atoms with Crippen molar-refractivity contribution in [2.45, 2.75) is 129 Å². The molecule has 3 aromatic rings. The van der Waals surface area contributed by atoms with Crippen LogP contribution in [0, 0.1) is 0 Å². The fourth-order valence-electron chi connectivity index (χ4n) is 5.27. The number of nitrogens with zero attached hydrogens (tertiary/aromatic N) is 2. The number of benzene rings is 2. The highest BCUT2D eigenvalue weighted by Crippen LogP contribution is 2.25. The van der Waals surface area contributed by atoms with Crippen molar-refractivity contribution in [1.82, 2.24) is 9.97 Å². The lowest BCUT2D eigenvalue weighted by Gasteiger charge is -2.11. The molecule has 1 heterocycles. The van der Waals surface area contributed by atoms with Crippen molar-refractivity contribution in [2.75, 3.05) is 13.2 Å². The molecule has 0 N–H and O–H groups in total. The van der Waals surface area contributed by atoms with Gasteiger partial charge in [-0.25, -0.2) is 14.4 Å². The molecule has 0 bridgehead atoms. The molecule has 0 spiro atoms. The molecule has 1 unspecified atom stereocenters. The minimum atomic E-state index is -0.920. The summed E-state index contributed by atoms with van der Waals surface area (Å²) >= 11 is 0. The number of hydrogen-bond acceptors (Lipinski definition) is 4. The Labute approximate surface area is 260 Å². The number of unbranched alkanes of at least 4 members (excludes halogenated alkanes) is 14. The average Bonchev–Trinajstić information content (AvgIpc) is 3.05. The van der Waals surface area contributed by atoms with Gasteiger partial charge in [0.2, 0.25) is 0 Å². The van der Waals surface area contributed by atoms with Crippen LogP contribution >= 0.6 is 0 Å². The molecule has 4 nitrogen and oxygen atoms in total. The Morgan fingerprint density at radius 2 is 1.00 bits per heavy atom. The third kappa shape index (κ3) is 14.4. The Kier molecular flexibility index (Phi) is 17.4. The van der Waals surface area contributed by atoms with Gasteiger partial charge in [0.1, 0.15) is 24.3 Å². The molecule has 0 saturated carbocycles. The summed E-state index contributed by atoms with van der Waals surface area (Å²) in [4.78, 5) is 9.18. The quantitative estimate of drug-likeness (QED) is 0.0973. The topological polar surface area (TPSA) is 44.2 Å². The Hall–Kier alpha value is -2.95. The number of halogens is 1. The number of alkyl halides is 1. The van der Waals surface area contributed by atoms with E-state index in [2.05, 4.69) is 23.8 Å². The third-order valence-electron chi connectivity index (χ3n) is 8.02. The normalized spacial score (nSPS) is 11.9. The van der Waals surface area contributed by atoms with Crippen molar-refractivity contribution >= 4 is 0 Å². The van der Waals surface area contributed by atoms with E-state index in [4.69, 9.17) is 9.47 Å². The van der Waals surface area contributed by atoms with E-state index in [1.54, 1.807) is 0 Å². The fourth-order valence-corrected chi connectivity index (χ4v) is 5.27. The molecule has 2 aromatic carbocycles. The summed E-state index contributed by atoms with van der Waals surface area (Å²) < 4.78 is 25.9. The van der Waals surface area contributed by atoms with E-state index in [0.717, 1.165) is 48.3 Å². The van der Waals surface area contributed by atoms with E-state index in [0.29, 0.717) is 18.0 Å². The van der Waals surface area contributed by atoms with Gasteiger partial charge in [0, 0.05) is 23.5 Å². The SMILES string of the molecule is CCCCCCCCCCCOc1ccc(-c2ncc(-c3ccc(OCC(F)CCCCCCCCC)cc3)cn2)cc1. The molecule has 1 atom stereocenters. The lowest BCUT2D eigenvalue weighted by molar-refractivity contribution is 0.184. The summed E-state index contributed by atoms with van der Waals surface area (Å²) in [7, 11) is 0. The highest BCUT2D eigenvalue weighted by atomic mass is 19.1. The van der Waals surface area contributed by atoms with Gasteiger partial charge in [0.05, 0.1) is 6.61 Å². The van der Waals surface area contributed by atoms with Crippen LogP contribution in [-0.2, 0) is 0 Å². The van der Waals surface area contributed by atoms with Crippen LogP contribution in [0.3, 0.4) is 0 Å². The molecule has 3 rings (SSSR count). The van der Waals surface area contributed by atoms with E-state index in [1.165, 1.54) is 83.5 Å². The van der Waals surface area contributed by atoms with Crippen molar-refractivity contribution < 1.29 is 13.9 Å². The smallest absolute Gasteiger partial charge is 0.159 e. The van der Waals surface area contributed by atoms with Gasteiger partial charge < -0.3 is 9.47 Å². The van der Waals surface area contributed by atoms with Crippen LogP contribution in [0.25, 0.3) is 22.5 Å². The Bertz CT molecular complexity index is 1090. The molecule has 43 heavy (non-hydrogen) atoms. The maximum Gasteiger partial charge on any atom is 0.159 e. The summed E-state index contributed by atoms with van der Waals surface area (Å²) in [5.74, 6) is 2.26. The molecule has 0 aliphatic rings. The van der Waals surface area contributed by atoms with Gasteiger partial charge in [-0.15, -0.1) is 0 Å². The van der Waals surface area contributed by atoms with Crippen LogP contribution in [0.4, 0.5) is 4.39 Å². The second-order valence-electron chi connectivity index (χ2n) is 11.8. The highest BCUT2D eigenvalue weighted by molar-refractivity contribution is 5.64. The molecule has 0 aliphatic carbocycles. The second kappa shape index (κ2) is 21.7. The molecule has 5 heteroatoms.